The molecule has 0 radical (unpaired) electrons. The molecule has 0 aliphatic rings. The fraction of sp³-hybridized carbons (Fsp3) is 0.524. The molecule has 1 aromatic carbocycles. The number of unbranched alkanes of at least 4 members (excludes halogenated alkanes) is 1. The zero-order chi connectivity index (χ0) is 18.8. The second-order valence-corrected chi connectivity index (χ2v) is 6.76. The number of aromatic nitrogens is 1. The van der Waals surface area contributed by atoms with E-state index in [2.05, 4.69) is 53.9 Å². The molecule has 1 aromatic heterocycles. The third-order valence-electron chi connectivity index (χ3n) is 4.44. The van der Waals surface area contributed by atoms with Gasteiger partial charge in [-0.2, -0.15) is 0 Å². The molecule has 0 unspecified atom stereocenters. The molecule has 0 amide bonds. The van der Waals surface area contributed by atoms with Crippen LogP contribution in [0.15, 0.2) is 33.8 Å². The van der Waals surface area contributed by atoms with Crippen LogP contribution in [0.5, 0.6) is 0 Å². The topological polar surface area (TPSA) is 62.5 Å². The normalized spacial score (nSPS) is 11.2. The Bertz CT molecular complexity index is 675. The van der Waals surface area contributed by atoms with E-state index in [-0.39, 0.29) is 24.0 Å². The molecule has 1 heterocycles. The zero-order valence-electron chi connectivity index (χ0n) is 17.0. The highest BCUT2D eigenvalue weighted by molar-refractivity contribution is 14.0. The van der Waals surface area contributed by atoms with Crippen LogP contribution in [0, 0.1) is 20.8 Å². The molecule has 6 heteroatoms. The highest BCUT2D eigenvalue weighted by Gasteiger charge is 2.08. The number of nitrogens with zero attached hydrogens (tertiary/aromatic N) is 2. The Morgan fingerprint density at radius 2 is 1.70 bits per heavy atom. The lowest BCUT2D eigenvalue weighted by molar-refractivity contribution is 0.392. The molecule has 0 fully saturated rings. The van der Waals surface area contributed by atoms with Gasteiger partial charge >= 0.3 is 0 Å². The lowest BCUT2D eigenvalue weighted by atomic mass is 10.1. The van der Waals surface area contributed by atoms with Crippen molar-refractivity contribution in [2.45, 2.75) is 59.9 Å². The molecular weight excluding hydrogens is 451 g/mol. The summed E-state index contributed by atoms with van der Waals surface area (Å²) in [5, 5.41) is 10.9. The summed E-state index contributed by atoms with van der Waals surface area (Å²) in [5.74, 6) is 1.81. The number of nitrogens with one attached hydrogen (secondary N) is 2. The maximum Gasteiger partial charge on any atom is 0.191 e. The van der Waals surface area contributed by atoms with Crippen molar-refractivity contribution in [3.05, 3.63) is 52.4 Å². The largest absolute Gasteiger partial charge is 0.361 e. The number of aliphatic imine (C=N–C) groups is 1. The summed E-state index contributed by atoms with van der Waals surface area (Å²) in [5.41, 5.74) is 4.72. The molecule has 0 saturated carbocycles. The van der Waals surface area contributed by atoms with Crippen LogP contribution in [0.2, 0.25) is 0 Å². The Balaban J connectivity index is 0.00000364. The molecule has 150 valence electrons. The van der Waals surface area contributed by atoms with Gasteiger partial charge in [-0.1, -0.05) is 48.3 Å². The van der Waals surface area contributed by atoms with Crippen LogP contribution in [0.1, 0.15) is 54.3 Å². The van der Waals surface area contributed by atoms with Crippen LogP contribution < -0.4 is 10.6 Å². The Labute approximate surface area is 180 Å². The van der Waals surface area contributed by atoms with E-state index in [0.29, 0.717) is 6.54 Å². The Morgan fingerprint density at radius 1 is 1.04 bits per heavy atom. The van der Waals surface area contributed by atoms with Gasteiger partial charge < -0.3 is 15.2 Å². The number of hydrogen-bond acceptors (Lipinski definition) is 3. The molecule has 0 aliphatic carbocycles. The minimum Gasteiger partial charge on any atom is -0.361 e. The molecule has 2 aromatic rings. The molecule has 0 bridgehead atoms. The lowest BCUT2D eigenvalue weighted by Gasteiger charge is -2.12. The van der Waals surface area contributed by atoms with Crippen LogP contribution in [0.25, 0.3) is 0 Å². The molecule has 5 nitrogen and oxygen atoms in total. The summed E-state index contributed by atoms with van der Waals surface area (Å²) in [6.45, 7) is 10.8. The Morgan fingerprint density at radius 3 is 2.30 bits per heavy atom. The predicted molar refractivity (Wildman–Crippen MR) is 123 cm³/mol. The molecular formula is C21H33IN4O. The van der Waals surface area contributed by atoms with Crippen LogP contribution in [-0.2, 0) is 13.0 Å². The third-order valence-corrected chi connectivity index (χ3v) is 4.44. The second-order valence-electron chi connectivity index (χ2n) is 6.76. The van der Waals surface area contributed by atoms with Gasteiger partial charge in [-0.05, 0) is 45.6 Å². The van der Waals surface area contributed by atoms with Crippen molar-refractivity contribution >= 4 is 29.9 Å². The van der Waals surface area contributed by atoms with Gasteiger partial charge in [0.25, 0.3) is 0 Å². The molecule has 2 rings (SSSR count). The summed E-state index contributed by atoms with van der Waals surface area (Å²) in [6.07, 6.45) is 4.30. The third kappa shape index (κ3) is 8.32. The van der Waals surface area contributed by atoms with Crippen molar-refractivity contribution in [3.63, 3.8) is 0 Å². The number of halogens is 1. The standard InChI is InChI=1S/C21H32N4O.HI/c1-5-6-13-22-21(24-15-19-11-9-16(2)10-12-19)23-14-7-8-20-17(3)25-26-18(20)4;/h9-12H,5-8,13-15H2,1-4H3,(H2,22,23,24);1H. The van der Waals surface area contributed by atoms with Gasteiger partial charge in [-0.3, -0.25) is 0 Å². The van der Waals surface area contributed by atoms with E-state index in [0.717, 1.165) is 49.8 Å². The van der Waals surface area contributed by atoms with E-state index in [1.807, 2.05) is 13.8 Å². The van der Waals surface area contributed by atoms with E-state index in [9.17, 15) is 0 Å². The van der Waals surface area contributed by atoms with Crippen molar-refractivity contribution < 1.29 is 4.52 Å². The van der Waals surface area contributed by atoms with E-state index in [4.69, 9.17) is 9.52 Å². The van der Waals surface area contributed by atoms with Crippen molar-refractivity contribution in [2.75, 3.05) is 13.1 Å². The van der Waals surface area contributed by atoms with E-state index in [1.54, 1.807) is 0 Å². The fourth-order valence-electron chi connectivity index (χ4n) is 2.75. The van der Waals surface area contributed by atoms with Gasteiger partial charge in [0.15, 0.2) is 5.96 Å². The summed E-state index contributed by atoms with van der Waals surface area (Å²) in [4.78, 5) is 4.73. The monoisotopic (exact) mass is 484 g/mol. The van der Waals surface area contributed by atoms with Crippen LogP contribution in [0.4, 0.5) is 0 Å². The molecule has 27 heavy (non-hydrogen) atoms. The lowest BCUT2D eigenvalue weighted by Crippen LogP contribution is -2.38. The van der Waals surface area contributed by atoms with Crippen LogP contribution in [-0.4, -0.2) is 24.2 Å². The number of guanidine groups is 1. The average Bonchev–Trinajstić information content (AvgIpc) is 2.95. The quantitative estimate of drug-likeness (QED) is 0.235. The van der Waals surface area contributed by atoms with Gasteiger partial charge in [0.05, 0.1) is 12.2 Å². The van der Waals surface area contributed by atoms with Gasteiger partial charge in [0, 0.05) is 18.7 Å². The average molecular weight is 484 g/mol. The van der Waals surface area contributed by atoms with Gasteiger partial charge in [0.2, 0.25) is 0 Å². The van der Waals surface area contributed by atoms with Gasteiger partial charge in [-0.15, -0.1) is 24.0 Å². The number of hydrogen-bond donors (Lipinski definition) is 2. The van der Waals surface area contributed by atoms with E-state index >= 15 is 0 Å². The fourth-order valence-corrected chi connectivity index (χ4v) is 2.75. The maximum atomic E-state index is 5.23. The van der Waals surface area contributed by atoms with Crippen molar-refractivity contribution in [2.24, 2.45) is 4.99 Å². The van der Waals surface area contributed by atoms with E-state index < -0.39 is 0 Å². The Kier molecular flexibility index (Phi) is 11.1. The van der Waals surface area contributed by atoms with E-state index in [1.165, 1.54) is 23.1 Å². The molecule has 0 spiro atoms. The first-order valence-corrected chi connectivity index (χ1v) is 9.59. The Hall–Kier alpha value is -1.57. The van der Waals surface area contributed by atoms with Crippen molar-refractivity contribution in [3.8, 4) is 0 Å². The van der Waals surface area contributed by atoms with Gasteiger partial charge in [-0.25, -0.2) is 4.99 Å². The van der Waals surface area contributed by atoms with Gasteiger partial charge in [0.1, 0.15) is 5.76 Å². The smallest absolute Gasteiger partial charge is 0.191 e. The first-order valence-electron chi connectivity index (χ1n) is 9.59. The number of aryl methyl sites for hydroxylation is 3. The predicted octanol–water partition coefficient (Wildman–Crippen LogP) is 4.69. The summed E-state index contributed by atoms with van der Waals surface area (Å²) in [6, 6.07) is 8.54. The highest BCUT2D eigenvalue weighted by atomic mass is 127. The van der Waals surface area contributed by atoms with Crippen molar-refractivity contribution in [1.82, 2.24) is 15.8 Å². The molecule has 2 N–H and O–H groups in total. The van der Waals surface area contributed by atoms with Crippen LogP contribution in [0.3, 0.4) is 0 Å². The maximum absolute atomic E-state index is 5.23. The highest BCUT2D eigenvalue weighted by Crippen LogP contribution is 2.13. The number of benzene rings is 1. The summed E-state index contributed by atoms with van der Waals surface area (Å²) >= 11 is 0. The zero-order valence-corrected chi connectivity index (χ0v) is 19.3. The first kappa shape index (κ1) is 23.5. The molecule has 0 saturated heterocycles. The minimum absolute atomic E-state index is 0. The van der Waals surface area contributed by atoms with Crippen molar-refractivity contribution in [1.29, 1.82) is 0 Å². The first-order chi connectivity index (χ1) is 12.6. The molecule has 0 atom stereocenters. The molecule has 0 aliphatic heterocycles. The summed E-state index contributed by atoms with van der Waals surface area (Å²) in [7, 11) is 0. The SMILES string of the molecule is CCCCNC(=NCc1ccc(C)cc1)NCCCc1c(C)noc1C.I. The second kappa shape index (κ2) is 12.8. The minimum atomic E-state index is 0. The van der Waals surface area contributed by atoms with Crippen LogP contribution >= 0.6 is 24.0 Å². The summed E-state index contributed by atoms with van der Waals surface area (Å²) < 4.78 is 5.23. The number of rotatable bonds is 9.